The number of aromatic nitrogens is 1. The summed E-state index contributed by atoms with van der Waals surface area (Å²) in [5, 5.41) is 3.16. The lowest BCUT2D eigenvalue weighted by Gasteiger charge is -2.31. The highest BCUT2D eigenvalue weighted by molar-refractivity contribution is 5.92. The third-order valence-electron chi connectivity index (χ3n) is 5.53. The summed E-state index contributed by atoms with van der Waals surface area (Å²) in [5.74, 6) is 0.683. The molecule has 1 atom stereocenters. The number of nitrogens with one attached hydrogen (secondary N) is 1. The number of amides is 1. The lowest BCUT2D eigenvalue weighted by molar-refractivity contribution is 0.0935. The SMILES string of the molecule is CC(C)n1cccc1C(=O)NC[C@H]1CCN(C2CCCCC2)C1. The van der Waals surface area contributed by atoms with Gasteiger partial charge in [-0.1, -0.05) is 19.3 Å². The number of nitrogens with zero attached hydrogens (tertiary/aromatic N) is 2. The summed E-state index contributed by atoms with van der Waals surface area (Å²) in [6, 6.07) is 5.00. The van der Waals surface area contributed by atoms with Crippen molar-refractivity contribution in [1.29, 1.82) is 0 Å². The summed E-state index contributed by atoms with van der Waals surface area (Å²) >= 11 is 0. The van der Waals surface area contributed by atoms with Crippen LogP contribution in [-0.4, -0.2) is 41.1 Å². The largest absolute Gasteiger partial charge is 0.350 e. The standard InChI is InChI=1S/C19H31N3O/c1-15(2)22-11-6-9-18(22)19(23)20-13-16-10-12-21(14-16)17-7-4-3-5-8-17/h6,9,11,15-17H,3-5,7-8,10,12-14H2,1-2H3,(H,20,23)/t16-/m1/s1. The maximum Gasteiger partial charge on any atom is 0.267 e. The van der Waals surface area contributed by atoms with Crippen molar-refractivity contribution in [3.63, 3.8) is 0 Å². The van der Waals surface area contributed by atoms with E-state index in [0.717, 1.165) is 24.8 Å². The third kappa shape index (κ3) is 3.97. The molecule has 23 heavy (non-hydrogen) atoms. The number of hydrogen-bond acceptors (Lipinski definition) is 2. The van der Waals surface area contributed by atoms with Gasteiger partial charge >= 0.3 is 0 Å². The monoisotopic (exact) mass is 317 g/mol. The van der Waals surface area contributed by atoms with Gasteiger partial charge in [-0.2, -0.15) is 0 Å². The molecule has 0 radical (unpaired) electrons. The van der Waals surface area contributed by atoms with Gasteiger partial charge in [-0.05, 0) is 57.7 Å². The van der Waals surface area contributed by atoms with Crippen molar-refractivity contribution in [2.75, 3.05) is 19.6 Å². The van der Waals surface area contributed by atoms with Crippen molar-refractivity contribution in [2.45, 2.75) is 64.5 Å². The van der Waals surface area contributed by atoms with Gasteiger partial charge in [-0.15, -0.1) is 0 Å². The molecular formula is C19H31N3O. The normalized spacial score (nSPS) is 23.5. The average Bonchev–Trinajstić information content (AvgIpc) is 3.23. The Morgan fingerprint density at radius 1 is 1.26 bits per heavy atom. The molecule has 0 spiro atoms. The number of carbonyl (C=O) groups is 1. The van der Waals surface area contributed by atoms with Crippen molar-refractivity contribution >= 4 is 5.91 Å². The zero-order valence-corrected chi connectivity index (χ0v) is 14.6. The second-order valence-corrected chi connectivity index (χ2v) is 7.55. The second-order valence-electron chi connectivity index (χ2n) is 7.55. The lowest BCUT2D eigenvalue weighted by Crippen LogP contribution is -2.36. The molecule has 4 heteroatoms. The molecule has 1 saturated carbocycles. The van der Waals surface area contributed by atoms with Gasteiger partial charge in [0.05, 0.1) is 0 Å². The van der Waals surface area contributed by atoms with Crippen LogP contribution in [0.4, 0.5) is 0 Å². The smallest absolute Gasteiger partial charge is 0.267 e. The minimum Gasteiger partial charge on any atom is -0.350 e. The summed E-state index contributed by atoms with van der Waals surface area (Å²) < 4.78 is 2.04. The predicted octanol–water partition coefficient (Wildman–Crippen LogP) is 3.45. The molecule has 2 aliphatic rings. The van der Waals surface area contributed by atoms with Crippen LogP contribution in [0.5, 0.6) is 0 Å². The fraction of sp³-hybridized carbons (Fsp3) is 0.737. The molecule has 128 valence electrons. The summed E-state index contributed by atoms with van der Waals surface area (Å²) in [5.41, 5.74) is 0.780. The maximum atomic E-state index is 12.4. The molecule has 1 aromatic heterocycles. The van der Waals surface area contributed by atoms with Crippen LogP contribution in [-0.2, 0) is 0 Å². The summed E-state index contributed by atoms with van der Waals surface area (Å²) in [4.78, 5) is 15.1. The Morgan fingerprint density at radius 3 is 2.78 bits per heavy atom. The van der Waals surface area contributed by atoms with E-state index in [9.17, 15) is 4.79 Å². The summed E-state index contributed by atoms with van der Waals surface area (Å²) in [7, 11) is 0. The molecule has 1 aliphatic carbocycles. The Morgan fingerprint density at radius 2 is 2.04 bits per heavy atom. The van der Waals surface area contributed by atoms with Gasteiger partial charge < -0.3 is 14.8 Å². The first-order valence-corrected chi connectivity index (χ1v) is 9.34. The number of carbonyl (C=O) groups excluding carboxylic acids is 1. The van der Waals surface area contributed by atoms with E-state index in [2.05, 4.69) is 24.1 Å². The molecule has 1 aliphatic heterocycles. The van der Waals surface area contributed by atoms with E-state index in [4.69, 9.17) is 0 Å². The van der Waals surface area contributed by atoms with Crippen molar-refractivity contribution < 1.29 is 4.79 Å². The molecule has 0 bridgehead atoms. The average molecular weight is 317 g/mol. The topological polar surface area (TPSA) is 37.3 Å². The van der Waals surface area contributed by atoms with Gasteiger partial charge in [0.1, 0.15) is 5.69 Å². The molecule has 1 saturated heterocycles. The van der Waals surface area contributed by atoms with Crippen molar-refractivity contribution in [2.24, 2.45) is 5.92 Å². The molecular weight excluding hydrogens is 286 g/mol. The zero-order chi connectivity index (χ0) is 16.2. The first kappa shape index (κ1) is 16.6. The lowest BCUT2D eigenvalue weighted by atomic mass is 9.94. The highest BCUT2D eigenvalue weighted by Crippen LogP contribution is 2.27. The Balaban J connectivity index is 1.47. The van der Waals surface area contributed by atoms with Crippen LogP contribution in [0.3, 0.4) is 0 Å². The molecule has 0 unspecified atom stereocenters. The van der Waals surface area contributed by atoms with Crippen molar-refractivity contribution in [3.8, 4) is 0 Å². The molecule has 0 aromatic carbocycles. The fourth-order valence-electron chi connectivity index (χ4n) is 4.17. The van der Waals surface area contributed by atoms with E-state index in [1.54, 1.807) is 0 Å². The molecule has 2 heterocycles. The summed E-state index contributed by atoms with van der Waals surface area (Å²) in [6.45, 7) is 7.40. The third-order valence-corrected chi connectivity index (χ3v) is 5.53. The summed E-state index contributed by atoms with van der Waals surface area (Å²) in [6.07, 6.45) is 10.2. The van der Waals surface area contributed by atoms with Gasteiger partial charge in [-0.3, -0.25) is 4.79 Å². The Hall–Kier alpha value is -1.29. The first-order valence-electron chi connectivity index (χ1n) is 9.34. The van der Waals surface area contributed by atoms with Gasteiger partial charge in [0, 0.05) is 31.4 Å². The minimum absolute atomic E-state index is 0.0693. The minimum atomic E-state index is 0.0693. The van der Waals surface area contributed by atoms with Crippen molar-refractivity contribution in [1.82, 2.24) is 14.8 Å². The van der Waals surface area contributed by atoms with Gasteiger partial charge in [0.25, 0.3) is 5.91 Å². The first-order chi connectivity index (χ1) is 11.1. The molecule has 2 fully saturated rings. The van der Waals surface area contributed by atoms with Gasteiger partial charge in [-0.25, -0.2) is 0 Å². The highest BCUT2D eigenvalue weighted by Gasteiger charge is 2.29. The van der Waals surface area contributed by atoms with Crippen LogP contribution in [0.25, 0.3) is 0 Å². The van der Waals surface area contributed by atoms with Crippen LogP contribution < -0.4 is 5.32 Å². The van der Waals surface area contributed by atoms with Gasteiger partial charge in [0.2, 0.25) is 0 Å². The fourth-order valence-corrected chi connectivity index (χ4v) is 4.17. The van der Waals surface area contributed by atoms with Crippen LogP contribution >= 0.6 is 0 Å². The zero-order valence-electron chi connectivity index (χ0n) is 14.6. The van der Waals surface area contributed by atoms with E-state index in [-0.39, 0.29) is 5.91 Å². The van der Waals surface area contributed by atoms with E-state index >= 15 is 0 Å². The quantitative estimate of drug-likeness (QED) is 0.903. The van der Waals surface area contributed by atoms with Crippen molar-refractivity contribution in [3.05, 3.63) is 24.0 Å². The maximum absolute atomic E-state index is 12.4. The molecule has 1 aromatic rings. The Labute approximate surface area is 140 Å². The second kappa shape index (κ2) is 7.52. The highest BCUT2D eigenvalue weighted by atomic mass is 16.1. The number of hydrogen-bond donors (Lipinski definition) is 1. The molecule has 4 nitrogen and oxygen atoms in total. The predicted molar refractivity (Wildman–Crippen MR) is 93.7 cm³/mol. The van der Waals surface area contributed by atoms with Crippen LogP contribution in [0.15, 0.2) is 18.3 Å². The van der Waals surface area contributed by atoms with E-state index in [0.29, 0.717) is 12.0 Å². The number of rotatable bonds is 5. The molecule has 1 amide bonds. The molecule has 1 N–H and O–H groups in total. The number of likely N-dealkylation sites (tertiary alicyclic amines) is 1. The Kier molecular flexibility index (Phi) is 5.42. The Bertz CT molecular complexity index is 516. The van der Waals surface area contributed by atoms with Gasteiger partial charge in [0.15, 0.2) is 0 Å². The van der Waals surface area contributed by atoms with Crippen LogP contribution in [0, 0.1) is 5.92 Å². The van der Waals surface area contributed by atoms with E-state index in [1.807, 2.05) is 22.9 Å². The van der Waals surface area contributed by atoms with Crippen LogP contribution in [0.1, 0.15) is 68.9 Å². The molecule has 3 rings (SSSR count). The van der Waals surface area contributed by atoms with Crippen LogP contribution in [0.2, 0.25) is 0 Å². The van der Waals surface area contributed by atoms with E-state index < -0.39 is 0 Å². The van der Waals surface area contributed by atoms with E-state index in [1.165, 1.54) is 45.1 Å².